The zero-order valence-electron chi connectivity index (χ0n) is 19.0. The third-order valence-electron chi connectivity index (χ3n) is 4.84. The summed E-state index contributed by atoms with van der Waals surface area (Å²) in [5.74, 6) is 0.317. The quantitative estimate of drug-likeness (QED) is 0.714. The monoisotopic (exact) mass is 410 g/mol. The van der Waals surface area contributed by atoms with Gasteiger partial charge in [-0.25, -0.2) is 0 Å². The van der Waals surface area contributed by atoms with Gasteiger partial charge in [-0.05, 0) is 70.7 Å². The van der Waals surface area contributed by atoms with E-state index in [1.165, 1.54) is 0 Å². The molecule has 0 aliphatic heterocycles. The van der Waals surface area contributed by atoms with Crippen molar-refractivity contribution in [3.63, 3.8) is 0 Å². The second kappa shape index (κ2) is 10.3. The first-order chi connectivity index (χ1) is 14.1. The van der Waals surface area contributed by atoms with Crippen LogP contribution in [0.3, 0.4) is 0 Å². The van der Waals surface area contributed by atoms with Crippen LogP contribution in [0, 0.1) is 13.8 Å². The summed E-state index contributed by atoms with van der Waals surface area (Å²) < 4.78 is 5.82. The number of aryl methyl sites for hydroxylation is 2. The van der Waals surface area contributed by atoms with Crippen LogP contribution < -0.4 is 10.1 Å². The molecule has 2 rings (SSSR count). The van der Waals surface area contributed by atoms with Gasteiger partial charge in [-0.2, -0.15) is 0 Å². The highest BCUT2D eigenvalue weighted by atomic mass is 16.5. The Morgan fingerprint density at radius 1 is 1.07 bits per heavy atom. The van der Waals surface area contributed by atoms with Gasteiger partial charge in [-0.3, -0.25) is 9.59 Å². The van der Waals surface area contributed by atoms with E-state index in [2.05, 4.69) is 5.32 Å². The van der Waals surface area contributed by atoms with Crippen molar-refractivity contribution in [2.24, 2.45) is 0 Å². The summed E-state index contributed by atoms with van der Waals surface area (Å²) in [5.41, 5.74) is 2.80. The lowest BCUT2D eigenvalue weighted by atomic mass is 10.1. The Hall–Kier alpha value is -2.82. The number of ether oxygens (including phenoxy) is 1. The maximum absolute atomic E-state index is 13.1. The van der Waals surface area contributed by atoms with E-state index in [9.17, 15) is 9.59 Å². The number of amides is 2. The molecule has 0 aliphatic carbocycles. The van der Waals surface area contributed by atoms with Gasteiger partial charge in [0.25, 0.3) is 5.91 Å². The molecule has 0 aliphatic rings. The van der Waals surface area contributed by atoms with Crippen molar-refractivity contribution in [1.82, 2.24) is 10.2 Å². The maximum atomic E-state index is 13.1. The zero-order chi connectivity index (χ0) is 22.3. The molecule has 5 heteroatoms. The van der Waals surface area contributed by atoms with Crippen molar-refractivity contribution >= 4 is 11.8 Å². The van der Waals surface area contributed by atoms with Gasteiger partial charge in [0.15, 0.2) is 6.61 Å². The minimum atomic E-state index is -0.595. The molecular weight excluding hydrogens is 376 g/mol. The van der Waals surface area contributed by atoms with Crippen LogP contribution in [0.5, 0.6) is 5.75 Å². The number of hydrogen-bond donors (Lipinski definition) is 1. The Balaban J connectivity index is 2.12. The minimum absolute atomic E-state index is 0.105. The van der Waals surface area contributed by atoms with E-state index in [0.717, 1.165) is 16.7 Å². The molecule has 1 atom stereocenters. The predicted molar refractivity (Wildman–Crippen MR) is 121 cm³/mol. The van der Waals surface area contributed by atoms with Crippen molar-refractivity contribution in [2.45, 2.75) is 59.5 Å². The normalized spacial score (nSPS) is 12.2. The molecule has 1 N–H and O–H groups in total. The molecule has 162 valence electrons. The van der Waals surface area contributed by atoms with E-state index >= 15 is 0 Å². The van der Waals surface area contributed by atoms with Crippen LogP contribution in [0.1, 0.15) is 44.4 Å². The van der Waals surface area contributed by atoms with Gasteiger partial charge >= 0.3 is 0 Å². The Bertz CT molecular complexity index is 856. The molecule has 0 heterocycles. The van der Waals surface area contributed by atoms with E-state index in [4.69, 9.17) is 4.74 Å². The van der Waals surface area contributed by atoms with E-state index in [-0.39, 0.29) is 24.0 Å². The predicted octanol–water partition coefficient (Wildman–Crippen LogP) is 4.06. The molecule has 0 aromatic heterocycles. The van der Waals surface area contributed by atoms with E-state index < -0.39 is 6.04 Å². The van der Waals surface area contributed by atoms with Crippen LogP contribution in [-0.2, 0) is 16.0 Å². The first-order valence-corrected chi connectivity index (χ1v) is 10.4. The zero-order valence-corrected chi connectivity index (χ0v) is 19.0. The lowest BCUT2D eigenvalue weighted by molar-refractivity contribution is -0.142. The minimum Gasteiger partial charge on any atom is -0.483 e. The van der Waals surface area contributed by atoms with Crippen molar-refractivity contribution in [1.29, 1.82) is 0 Å². The molecular formula is C25H34N2O3. The lowest BCUT2D eigenvalue weighted by Crippen LogP contribution is -2.53. The fourth-order valence-electron chi connectivity index (χ4n) is 3.13. The number of nitrogens with zero attached hydrogens (tertiary/aromatic N) is 1. The van der Waals surface area contributed by atoms with Gasteiger partial charge in [0.1, 0.15) is 11.8 Å². The summed E-state index contributed by atoms with van der Waals surface area (Å²) in [4.78, 5) is 27.4. The summed E-state index contributed by atoms with van der Waals surface area (Å²) in [5, 5.41) is 2.97. The highest BCUT2D eigenvalue weighted by molar-refractivity contribution is 5.88. The fraction of sp³-hybridized carbons (Fsp3) is 0.440. The van der Waals surface area contributed by atoms with Crippen LogP contribution in [0.25, 0.3) is 0 Å². The molecule has 0 spiro atoms. The molecule has 0 unspecified atom stereocenters. The summed E-state index contributed by atoms with van der Waals surface area (Å²) in [7, 11) is 0. The van der Waals surface area contributed by atoms with Crippen LogP contribution in [0.15, 0.2) is 48.5 Å². The highest BCUT2D eigenvalue weighted by Crippen LogP contribution is 2.19. The van der Waals surface area contributed by atoms with Crippen molar-refractivity contribution < 1.29 is 14.3 Å². The van der Waals surface area contributed by atoms with Crippen molar-refractivity contribution in [2.75, 3.05) is 13.2 Å². The van der Waals surface area contributed by atoms with Gasteiger partial charge in [0.2, 0.25) is 5.91 Å². The van der Waals surface area contributed by atoms with Crippen LogP contribution in [0.4, 0.5) is 0 Å². The molecule has 0 saturated carbocycles. The molecule has 2 aromatic carbocycles. The number of carbonyl (C=O) groups is 2. The third-order valence-corrected chi connectivity index (χ3v) is 4.84. The Labute approximate surface area is 180 Å². The summed E-state index contributed by atoms with van der Waals surface area (Å²) >= 11 is 0. The number of nitrogens with one attached hydrogen (secondary N) is 1. The Kier molecular flexibility index (Phi) is 8.04. The second-order valence-electron chi connectivity index (χ2n) is 8.80. The number of hydrogen-bond acceptors (Lipinski definition) is 3. The average Bonchev–Trinajstić information content (AvgIpc) is 2.68. The molecule has 0 fully saturated rings. The average molecular weight is 411 g/mol. The smallest absolute Gasteiger partial charge is 0.261 e. The summed E-state index contributed by atoms with van der Waals surface area (Å²) in [6, 6.07) is 15.3. The van der Waals surface area contributed by atoms with E-state index in [1.54, 1.807) is 11.8 Å². The number of carbonyl (C=O) groups excluding carboxylic acids is 2. The first kappa shape index (κ1) is 23.5. The topological polar surface area (TPSA) is 58.6 Å². The number of rotatable bonds is 8. The molecule has 0 bridgehead atoms. The lowest BCUT2D eigenvalue weighted by Gasteiger charge is -2.31. The van der Waals surface area contributed by atoms with Gasteiger partial charge in [-0.1, -0.05) is 42.5 Å². The summed E-state index contributed by atoms with van der Waals surface area (Å²) in [6.45, 7) is 11.8. The Morgan fingerprint density at radius 2 is 1.73 bits per heavy atom. The van der Waals surface area contributed by atoms with Crippen molar-refractivity contribution in [3.8, 4) is 5.75 Å². The van der Waals surface area contributed by atoms with Crippen LogP contribution in [-0.4, -0.2) is 41.4 Å². The van der Waals surface area contributed by atoms with Gasteiger partial charge in [-0.15, -0.1) is 0 Å². The van der Waals surface area contributed by atoms with Gasteiger partial charge < -0.3 is 15.0 Å². The SMILES string of the molecule is Cc1ccc(C)c(OCC(=O)N(CCc2ccccc2)[C@H](C)C(=O)NC(C)(C)C)c1. The first-order valence-electron chi connectivity index (χ1n) is 10.4. The maximum Gasteiger partial charge on any atom is 0.261 e. The largest absolute Gasteiger partial charge is 0.483 e. The highest BCUT2D eigenvalue weighted by Gasteiger charge is 2.28. The summed E-state index contributed by atoms with van der Waals surface area (Å²) in [6.07, 6.45) is 0.670. The van der Waals surface area contributed by atoms with Gasteiger partial charge in [0, 0.05) is 12.1 Å². The van der Waals surface area contributed by atoms with Gasteiger partial charge in [0.05, 0.1) is 0 Å². The molecule has 5 nitrogen and oxygen atoms in total. The standard InChI is InChI=1S/C25H34N2O3/c1-18-12-13-19(2)22(16-18)30-17-23(28)27(15-14-21-10-8-7-9-11-21)20(3)24(29)26-25(4,5)6/h7-13,16,20H,14-15,17H2,1-6H3,(H,26,29)/t20-/m1/s1. The van der Waals surface area contributed by atoms with E-state index in [0.29, 0.717) is 18.7 Å². The molecule has 2 amide bonds. The van der Waals surface area contributed by atoms with Crippen LogP contribution in [0.2, 0.25) is 0 Å². The third kappa shape index (κ3) is 7.21. The molecule has 30 heavy (non-hydrogen) atoms. The molecule has 0 radical (unpaired) electrons. The Morgan fingerprint density at radius 3 is 2.37 bits per heavy atom. The second-order valence-corrected chi connectivity index (χ2v) is 8.80. The number of benzene rings is 2. The molecule has 2 aromatic rings. The van der Waals surface area contributed by atoms with Crippen molar-refractivity contribution in [3.05, 3.63) is 65.2 Å². The van der Waals surface area contributed by atoms with E-state index in [1.807, 2.05) is 83.1 Å². The van der Waals surface area contributed by atoms with Crippen LogP contribution >= 0.6 is 0 Å². The molecule has 0 saturated heterocycles. The fourth-order valence-corrected chi connectivity index (χ4v) is 3.13.